The molecule has 2 rings (SSSR count). The van der Waals surface area contributed by atoms with Gasteiger partial charge in [0.2, 0.25) is 5.95 Å². The van der Waals surface area contributed by atoms with Gasteiger partial charge in [-0.1, -0.05) is 0 Å². The highest BCUT2D eigenvalue weighted by Gasteiger charge is 2.17. The predicted octanol–water partition coefficient (Wildman–Crippen LogP) is 1.12. The Labute approximate surface area is 112 Å². The van der Waals surface area contributed by atoms with Crippen molar-refractivity contribution >= 4 is 5.95 Å². The molecule has 7 nitrogen and oxygen atoms in total. The van der Waals surface area contributed by atoms with Crippen LogP contribution in [0.15, 0.2) is 0 Å². The number of hydrogen-bond donors (Lipinski definition) is 1. The van der Waals surface area contributed by atoms with Gasteiger partial charge in [-0.25, -0.2) is 0 Å². The van der Waals surface area contributed by atoms with E-state index in [-0.39, 0.29) is 6.01 Å². The number of hydrogen-bond acceptors (Lipinski definition) is 7. The molecule has 19 heavy (non-hydrogen) atoms. The summed E-state index contributed by atoms with van der Waals surface area (Å²) >= 11 is 0. The maximum absolute atomic E-state index is 5.60. The minimum Gasteiger partial charge on any atom is -0.464 e. The molecule has 1 fully saturated rings. The quantitative estimate of drug-likeness (QED) is 0.793. The molecule has 0 radical (unpaired) electrons. The minimum atomic E-state index is 0.283. The van der Waals surface area contributed by atoms with Crippen molar-refractivity contribution in [2.75, 3.05) is 38.3 Å². The summed E-state index contributed by atoms with van der Waals surface area (Å²) < 4.78 is 16.2. The van der Waals surface area contributed by atoms with Gasteiger partial charge in [0.05, 0.1) is 19.8 Å². The monoisotopic (exact) mass is 268 g/mol. The van der Waals surface area contributed by atoms with Gasteiger partial charge in [0.15, 0.2) is 0 Å². The van der Waals surface area contributed by atoms with Crippen molar-refractivity contribution < 1.29 is 14.2 Å². The Hall–Kier alpha value is -1.63. The van der Waals surface area contributed by atoms with E-state index in [0.717, 1.165) is 26.2 Å². The van der Waals surface area contributed by atoms with E-state index < -0.39 is 0 Å². The van der Waals surface area contributed by atoms with E-state index in [2.05, 4.69) is 20.3 Å². The van der Waals surface area contributed by atoms with Crippen molar-refractivity contribution in [3.63, 3.8) is 0 Å². The van der Waals surface area contributed by atoms with Gasteiger partial charge >= 0.3 is 12.0 Å². The zero-order valence-electron chi connectivity index (χ0n) is 11.4. The van der Waals surface area contributed by atoms with E-state index in [1.54, 1.807) is 0 Å². The lowest BCUT2D eigenvalue weighted by Gasteiger charge is -2.11. The van der Waals surface area contributed by atoms with E-state index in [0.29, 0.717) is 31.1 Å². The molecule has 0 saturated carbocycles. The summed E-state index contributed by atoms with van der Waals surface area (Å²) in [7, 11) is 0. The Morgan fingerprint density at radius 1 is 1.21 bits per heavy atom. The lowest BCUT2D eigenvalue weighted by Crippen LogP contribution is -2.14. The van der Waals surface area contributed by atoms with Crippen molar-refractivity contribution in [3.05, 3.63) is 0 Å². The number of rotatable bonds is 7. The highest BCUT2D eigenvalue weighted by Crippen LogP contribution is 2.16. The number of aromatic nitrogens is 3. The van der Waals surface area contributed by atoms with Crippen LogP contribution in [0.2, 0.25) is 0 Å². The van der Waals surface area contributed by atoms with Gasteiger partial charge in [-0.05, 0) is 20.3 Å². The third kappa shape index (κ3) is 4.20. The Morgan fingerprint density at radius 2 is 2.00 bits per heavy atom. The van der Waals surface area contributed by atoms with Crippen molar-refractivity contribution in [3.8, 4) is 12.0 Å². The van der Waals surface area contributed by atoms with Gasteiger partial charge < -0.3 is 19.5 Å². The summed E-state index contributed by atoms with van der Waals surface area (Å²) in [6.07, 6.45) is 1.02. The number of nitrogens with zero attached hydrogens (tertiary/aromatic N) is 3. The van der Waals surface area contributed by atoms with E-state index in [1.807, 2.05) is 13.8 Å². The first-order valence-electron chi connectivity index (χ1n) is 6.65. The molecule has 0 spiro atoms. The molecule has 1 unspecified atom stereocenters. The minimum absolute atomic E-state index is 0.283. The first-order chi connectivity index (χ1) is 9.31. The molecular formula is C12H20N4O3. The average Bonchev–Trinajstić information content (AvgIpc) is 2.90. The Morgan fingerprint density at radius 3 is 2.63 bits per heavy atom. The molecule has 1 aliphatic rings. The molecule has 2 heterocycles. The first kappa shape index (κ1) is 13.8. The lowest BCUT2D eigenvalue weighted by molar-refractivity contribution is 0.162. The van der Waals surface area contributed by atoms with E-state index in [4.69, 9.17) is 14.2 Å². The predicted molar refractivity (Wildman–Crippen MR) is 69.6 cm³/mol. The molecule has 0 amide bonds. The fourth-order valence-corrected chi connectivity index (χ4v) is 1.74. The summed E-state index contributed by atoms with van der Waals surface area (Å²) in [5.41, 5.74) is 0. The van der Waals surface area contributed by atoms with Crippen LogP contribution in [-0.4, -0.2) is 47.9 Å². The van der Waals surface area contributed by atoms with E-state index >= 15 is 0 Å². The van der Waals surface area contributed by atoms with Gasteiger partial charge in [-0.15, -0.1) is 4.98 Å². The second kappa shape index (κ2) is 7.08. The Kier molecular flexibility index (Phi) is 5.14. The third-order valence-electron chi connectivity index (χ3n) is 2.67. The summed E-state index contributed by atoms with van der Waals surface area (Å²) in [4.78, 5) is 12.4. The van der Waals surface area contributed by atoms with Crippen LogP contribution in [-0.2, 0) is 4.74 Å². The molecule has 106 valence electrons. The van der Waals surface area contributed by atoms with Crippen molar-refractivity contribution in [2.45, 2.75) is 20.3 Å². The van der Waals surface area contributed by atoms with Crippen LogP contribution in [0, 0.1) is 5.92 Å². The molecule has 0 bridgehead atoms. The van der Waals surface area contributed by atoms with Crippen LogP contribution in [0.5, 0.6) is 12.0 Å². The van der Waals surface area contributed by atoms with Gasteiger partial charge in [0, 0.05) is 19.1 Å². The van der Waals surface area contributed by atoms with Gasteiger partial charge in [0.25, 0.3) is 0 Å². The van der Waals surface area contributed by atoms with Crippen LogP contribution >= 0.6 is 0 Å². The zero-order valence-corrected chi connectivity index (χ0v) is 11.4. The van der Waals surface area contributed by atoms with E-state index in [1.165, 1.54) is 0 Å². The molecular weight excluding hydrogens is 248 g/mol. The van der Waals surface area contributed by atoms with Gasteiger partial charge in [0.1, 0.15) is 0 Å². The number of anilines is 1. The first-order valence-corrected chi connectivity index (χ1v) is 6.65. The maximum atomic E-state index is 5.60. The standard InChI is InChI=1S/C12H20N4O3/c1-3-13-10-14-11(18-4-2)16-12(15-10)19-8-9-5-6-17-7-9/h9H,3-8H2,1-2H3,(H,13,14,15,16). The second-order valence-corrected chi connectivity index (χ2v) is 4.23. The van der Waals surface area contributed by atoms with E-state index in [9.17, 15) is 0 Å². The smallest absolute Gasteiger partial charge is 0.324 e. The summed E-state index contributed by atoms with van der Waals surface area (Å²) in [6.45, 7) is 7.19. The molecule has 7 heteroatoms. The van der Waals surface area contributed by atoms with Crippen molar-refractivity contribution in [1.29, 1.82) is 0 Å². The average molecular weight is 268 g/mol. The fourth-order valence-electron chi connectivity index (χ4n) is 1.74. The fraction of sp³-hybridized carbons (Fsp3) is 0.750. The Balaban J connectivity index is 1.99. The number of nitrogens with one attached hydrogen (secondary N) is 1. The molecule has 1 N–H and O–H groups in total. The molecule has 1 aromatic rings. The Bertz CT molecular complexity index is 372. The second-order valence-electron chi connectivity index (χ2n) is 4.23. The maximum Gasteiger partial charge on any atom is 0.324 e. The molecule has 0 aliphatic carbocycles. The number of ether oxygens (including phenoxy) is 3. The third-order valence-corrected chi connectivity index (χ3v) is 2.67. The van der Waals surface area contributed by atoms with Gasteiger partial charge in [-0.2, -0.15) is 9.97 Å². The summed E-state index contributed by atoms with van der Waals surface area (Å²) in [6, 6.07) is 0.576. The summed E-state index contributed by atoms with van der Waals surface area (Å²) in [5.74, 6) is 0.883. The largest absolute Gasteiger partial charge is 0.464 e. The van der Waals surface area contributed by atoms with Gasteiger partial charge in [-0.3, -0.25) is 0 Å². The van der Waals surface area contributed by atoms with Crippen LogP contribution in [0.1, 0.15) is 20.3 Å². The molecule has 1 atom stereocenters. The molecule has 1 saturated heterocycles. The normalized spacial score (nSPS) is 18.3. The molecule has 0 aromatic carbocycles. The van der Waals surface area contributed by atoms with Crippen LogP contribution in [0.25, 0.3) is 0 Å². The highest BCUT2D eigenvalue weighted by molar-refractivity contribution is 5.27. The van der Waals surface area contributed by atoms with Crippen molar-refractivity contribution in [1.82, 2.24) is 15.0 Å². The summed E-state index contributed by atoms with van der Waals surface area (Å²) in [5, 5.41) is 3.03. The van der Waals surface area contributed by atoms with Crippen LogP contribution in [0.3, 0.4) is 0 Å². The topological polar surface area (TPSA) is 78.4 Å². The van der Waals surface area contributed by atoms with Crippen molar-refractivity contribution in [2.24, 2.45) is 5.92 Å². The lowest BCUT2D eigenvalue weighted by atomic mass is 10.1. The zero-order chi connectivity index (χ0) is 13.5. The SMILES string of the molecule is CCNc1nc(OCC)nc(OCC2CCOC2)n1. The van der Waals surface area contributed by atoms with Crippen LogP contribution < -0.4 is 14.8 Å². The highest BCUT2D eigenvalue weighted by atomic mass is 16.5. The molecule has 1 aromatic heterocycles. The molecule has 1 aliphatic heterocycles. The van der Waals surface area contributed by atoms with Crippen LogP contribution in [0.4, 0.5) is 5.95 Å².